The van der Waals surface area contributed by atoms with E-state index in [1.54, 1.807) is 39.7 Å². The van der Waals surface area contributed by atoms with Gasteiger partial charge in [-0.1, -0.05) is 24.3 Å². The topological polar surface area (TPSA) is 74.6 Å². The van der Waals surface area contributed by atoms with Crippen LogP contribution >= 0.6 is 0 Å². The molecule has 7 nitrogen and oxygen atoms in total. The number of carbonyl (C=O) groups is 1. The molecule has 0 radical (unpaired) electrons. The molecule has 0 fully saturated rings. The highest BCUT2D eigenvalue weighted by molar-refractivity contribution is 5.79. The van der Waals surface area contributed by atoms with E-state index in [1.165, 1.54) is 0 Å². The molecule has 152 valence electrons. The van der Waals surface area contributed by atoms with Crippen LogP contribution in [0.1, 0.15) is 23.0 Å². The summed E-state index contributed by atoms with van der Waals surface area (Å²) in [5.41, 5.74) is 1.66. The van der Waals surface area contributed by atoms with Crippen molar-refractivity contribution in [2.24, 2.45) is 7.05 Å². The van der Waals surface area contributed by atoms with Crippen molar-refractivity contribution in [2.45, 2.75) is 12.5 Å². The summed E-state index contributed by atoms with van der Waals surface area (Å²) in [6, 6.07) is 12.6. The molecule has 0 saturated heterocycles. The summed E-state index contributed by atoms with van der Waals surface area (Å²) in [4.78, 5) is 17.3. The minimum atomic E-state index is -0.446. The molecule has 1 amide bonds. The Kier molecular flexibility index (Phi) is 6.39. The van der Waals surface area contributed by atoms with Gasteiger partial charge in [0.15, 0.2) is 11.5 Å². The highest BCUT2D eigenvalue weighted by Gasteiger charge is 2.24. The van der Waals surface area contributed by atoms with Crippen LogP contribution in [0.3, 0.4) is 0 Å². The molecule has 0 aliphatic heterocycles. The highest BCUT2D eigenvalue weighted by atomic mass is 16.5. The van der Waals surface area contributed by atoms with Crippen LogP contribution in [-0.4, -0.2) is 36.8 Å². The van der Waals surface area contributed by atoms with Crippen molar-refractivity contribution < 1.29 is 19.0 Å². The van der Waals surface area contributed by atoms with Gasteiger partial charge in [0.25, 0.3) is 0 Å². The first kappa shape index (κ1) is 20.3. The number of hydrogen-bond donors (Lipinski definition) is 1. The number of nitrogens with one attached hydrogen (secondary N) is 1. The number of hydrogen-bond acceptors (Lipinski definition) is 5. The van der Waals surface area contributed by atoms with Crippen molar-refractivity contribution in [3.8, 4) is 17.2 Å². The Bertz CT molecular complexity index is 984. The lowest BCUT2D eigenvalue weighted by atomic mass is 10.0. The van der Waals surface area contributed by atoms with Crippen LogP contribution in [0.5, 0.6) is 17.2 Å². The van der Waals surface area contributed by atoms with Gasteiger partial charge in [-0.05, 0) is 23.8 Å². The molecule has 3 rings (SSSR count). The first-order chi connectivity index (χ1) is 14.1. The number of amides is 1. The first-order valence-corrected chi connectivity index (χ1v) is 9.17. The Morgan fingerprint density at radius 1 is 1.03 bits per heavy atom. The number of imidazole rings is 1. The Balaban J connectivity index is 1.87. The number of para-hydroxylation sites is 1. The predicted molar refractivity (Wildman–Crippen MR) is 109 cm³/mol. The molecule has 3 aromatic rings. The van der Waals surface area contributed by atoms with Gasteiger partial charge in [-0.3, -0.25) is 4.79 Å². The van der Waals surface area contributed by atoms with Crippen molar-refractivity contribution in [1.29, 1.82) is 0 Å². The zero-order chi connectivity index (χ0) is 20.8. The molecule has 0 aliphatic carbocycles. The maximum absolute atomic E-state index is 12.9. The molecule has 7 heteroatoms. The summed E-state index contributed by atoms with van der Waals surface area (Å²) in [6.07, 6.45) is 3.74. The van der Waals surface area contributed by atoms with Crippen LogP contribution in [0.15, 0.2) is 54.9 Å². The second-order valence-corrected chi connectivity index (χ2v) is 6.50. The number of ether oxygens (including phenoxy) is 3. The summed E-state index contributed by atoms with van der Waals surface area (Å²) >= 11 is 0. The summed E-state index contributed by atoms with van der Waals surface area (Å²) < 4.78 is 18.0. The van der Waals surface area contributed by atoms with E-state index in [9.17, 15) is 4.79 Å². The number of methoxy groups -OCH3 is 3. The summed E-state index contributed by atoms with van der Waals surface area (Å²) in [5.74, 6) is 2.47. The monoisotopic (exact) mass is 395 g/mol. The Hall–Kier alpha value is -3.48. The minimum absolute atomic E-state index is 0.142. The van der Waals surface area contributed by atoms with E-state index in [-0.39, 0.29) is 12.3 Å². The number of rotatable bonds is 8. The van der Waals surface area contributed by atoms with Gasteiger partial charge in [0.05, 0.1) is 27.8 Å². The molecule has 1 N–H and O–H groups in total. The van der Waals surface area contributed by atoms with Crippen LogP contribution in [0.4, 0.5) is 0 Å². The van der Waals surface area contributed by atoms with Crippen molar-refractivity contribution >= 4 is 5.91 Å². The Labute approximate surface area is 170 Å². The van der Waals surface area contributed by atoms with Gasteiger partial charge < -0.3 is 24.1 Å². The fourth-order valence-corrected chi connectivity index (χ4v) is 3.23. The highest BCUT2D eigenvalue weighted by Crippen LogP contribution is 2.30. The van der Waals surface area contributed by atoms with Gasteiger partial charge in [0.1, 0.15) is 17.6 Å². The average Bonchev–Trinajstić information content (AvgIpc) is 3.17. The fourth-order valence-electron chi connectivity index (χ4n) is 3.23. The molecule has 0 spiro atoms. The summed E-state index contributed by atoms with van der Waals surface area (Å²) in [5, 5.41) is 3.09. The van der Waals surface area contributed by atoms with Gasteiger partial charge in [-0.2, -0.15) is 0 Å². The third kappa shape index (κ3) is 4.51. The molecule has 0 saturated carbocycles. The van der Waals surface area contributed by atoms with E-state index >= 15 is 0 Å². The van der Waals surface area contributed by atoms with Crippen molar-refractivity contribution in [3.63, 3.8) is 0 Å². The van der Waals surface area contributed by atoms with E-state index in [1.807, 2.05) is 48.1 Å². The molecule has 1 unspecified atom stereocenters. The van der Waals surface area contributed by atoms with Gasteiger partial charge in [-0.15, -0.1) is 0 Å². The third-order valence-electron chi connectivity index (χ3n) is 4.68. The van der Waals surface area contributed by atoms with E-state index in [0.29, 0.717) is 17.2 Å². The second-order valence-electron chi connectivity index (χ2n) is 6.50. The Morgan fingerprint density at radius 3 is 2.41 bits per heavy atom. The van der Waals surface area contributed by atoms with Gasteiger partial charge in [-0.25, -0.2) is 4.98 Å². The molecular formula is C22H25N3O4. The predicted octanol–water partition coefficient (Wildman–Crippen LogP) is 2.89. The number of carbonyl (C=O) groups excluding carboxylic acids is 1. The molecule has 1 aromatic heterocycles. The molecular weight excluding hydrogens is 370 g/mol. The van der Waals surface area contributed by atoms with Crippen molar-refractivity contribution in [3.05, 3.63) is 71.8 Å². The average molecular weight is 395 g/mol. The smallest absolute Gasteiger partial charge is 0.225 e. The summed E-state index contributed by atoms with van der Waals surface area (Å²) in [6.45, 7) is 0. The lowest BCUT2D eigenvalue weighted by Gasteiger charge is -2.21. The standard InChI is InChI=1S/C22H25N3O4/c1-25-12-11-23-22(25)21(16-7-5-6-8-17(16)27-2)24-20(26)14-15-9-10-18(28-3)19(13-15)29-4/h5-13,21H,14H2,1-4H3,(H,24,26). The van der Waals surface area contributed by atoms with Crippen molar-refractivity contribution in [1.82, 2.24) is 14.9 Å². The van der Waals surface area contributed by atoms with E-state index in [4.69, 9.17) is 14.2 Å². The number of aromatic nitrogens is 2. The SMILES string of the molecule is COc1ccc(CC(=O)NC(c2ccccc2OC)c2nccn2C)cc1OC. The van der Waals surface area contributed by atoms with E-state index in [2.05, 4.69) is 10.3 Å². The van der Waals surface area contributed by atoms with Gasteiger partial charge in [0, 0.05) is 25.0 Å². The van der Waals surface area contributed by atoms with Gasteiger partial charge in [0.2, 0.25) is 5.91 Å². The second kappa shape index (κ2) is 9.14. The molecule has 1 heterocycles. The van der Waals surface area contributed by atoms with Crippen LogP contribution in [0, 0.1) is 0 Å². The maximum atomic E-state index is 12.9. The molecule has 0 bridgehead atoms. The van der Waals surface area contributed by atoms with Gasteiger partial charge >= 0.3 is 0 Å². The van der Waals surface area contributed by atoms with Crippen LogP contribution in [0.2, 0.25) is 0 Å². The lowest BCUT2D eigenvalue weighted by Crippen LogP contribution is -2.32. The lowest BCUT2D eigenvalue weighted by molar-refractivity contribution is -0.121. The maximum Gasteiger partial charge on any atom is 0.225 e. The minimum Gasteiger partial charge on any atom is -0.496 e. The molecule has 29 heavy (non-hydrogen) atoms. The number of benzene rings is 2. The van der Waals surface area contributed by atoms with E-state index < -0.39 is 6.04 Å². The largest absolute Gasteiger partial charge is 0.496 e. The van der Waals surface area contributed by atoms with Crippen LogP contribution < -0.4 is 19.5 Å². The van der Waals surface area contributed by atoms with Crippen LogP contribution in [0.25, 0.3) is 0 Å². The quantitative estimate of drug-likeness (QED) is 0.635. The van der Waals surface area contributed by atoms with Crippen molar-refractivity contribution in [2.75, 3.05) is 21.3 Å². The van der Waals surface area contributed by atoms with E-state index in [0.717, 1.165) is 17.0 Å². The number of nitrogens with zero attached hydrogens (tertiary/aromatic N) is 2. The summed E-state index contributed by atoms with van der Waals surface area (Å²) in [7, 11) is 6.65. The first-order valence-electron chi connectivity index (χ1n) is 9.17. The van der Waals surface area contributed by atoms with Crippen LogP contribution in [-0.2, 0) is 18.3 Å². The number of aryl methyl sites for hydroxylation is 1. The zero-order valence-electron chi connectivity index (χ0n) is 17.0. The zero-order valence-corrected chi connectivity index (χ0v) is 17.0. The normalized spacial score (nSPS) is 11.6. The molecule has 1 atom stereocenters. The fraction of sp³-hybridized carbons (Fsp3) is 0.273. The molecule has 2 aromatic carbocycles. The Morgan fingerprint density at radius 2 is 1.76 bits per heavy atom. The third-order valence-corrected chi connectivity index (χ3v) is 4.68. The molecule has 0 aliphatic rings.